The third-order valence-corrected chi connectivity index (χ3v) is 5.76. The van der Waals surface area contributed by atoms with Gasteiger partial charge in [0.1, 0.15) is 6.07 Å². The second-order valence-corrected chi connectivity index (χ2v) is 7.32. The van der Waals surface area contributed by atoms with Gasteiger partial charge >= 0.3 is 0 Å². The highest BCUT2D eigenvalue weighted by molar-refractivity contribution is 6.32. The molecular weight excluding hydrogens is 358 g/mol. The molecule has 1 aromatic heterocycles. The maximum atomic E-state index is 9.17. The van der Waals surface area contributed by atoms with Crippen LogP contribution in [0.15, 0.2) is 70.6 Å². The van der Waals surface area contributed by atoms with Crippen LogP contribution in [0, 0.1) is 17.2 Å². The Morgan fingerprint density at radius 3 is 2.85 bits per heavy atom. The topological polar surface area (TPSA) is 52.5 Å². The number of aryl methyl sites for hydroxylation is 1. The van der Waals surface area contributed by atoms with E-state index in [-0.39, 0.29) is 12.0 Å². The van der Waals surface area contributed by atoms with Crippen LogP contribution in [0.3, 0.4) is 0 Å². The Balaban J connectivity index is 1.65. The number of hydrazone groups is 1. The first-order chi connectivity index (χ1) is 13.3. The van der Waals surface area contributed by atoms with Gasteiger partial charge in [0.05, 0.1) is 40.6 Å². The molecule has 0 saturated carbocycles. The fraction of sp³-hybridized carbons (Fsp3) is 0.182. The Hall–Kier alpha value is -3.03. The highest BCUT2D eigenvalue weighted by atomic mass is 35.5. The van der Waals surface area contributed by atoms with Crippen LogP contribution in [0.1, 0.15) is 34.7 Å². The van der Waals surface area contributed by atoms with Crippen molar-refractivity contribution in [1.29, 1.82) is 5.26 Å². The Morgan fingerprint density at radius 2 is 2.07 bits per heavy atom. The third-order valence-electron chi connectivity index (χ3n) is 5.45. The molecular formula is C22H16ClN3O. The summed E-state index contributed by atoms with van der Waals surface area (Å²) in [5, 5.41) is 16.7. The number of hydrogen-bond acceptors (Lipinski definition) is 4. The maximum absolute atomic E-state index is 9.17. The fourth-order valence-corrected chi connectivity index (χ4v) is 4.41. The number of furan rings is 1. The minimum absolute atomic E-state index is 0.0520. The van der Waals surface area contributed by atoms with E-state index in [9.17, 15) is 0 Å². The van der Waals surface area contributed by atoms with Gasteiger partial charge in [-0.25, -0.2) is 0 Å². The van der Waals surface area contributed by atoms with E-state index in [1.54, 1.807) is 18.6 Å². The van der Waals surface area contributed by atoms with Crippen LogP contribution in [0.4, 0.5) is 5.69 Å². The summed E-state index contributed by atoms with van der Waals surface area (Å²) >= 11 is 6.30. The zero-order valence-corrected chi connectivity index (χ0v) is 15.2. The van der Waals surface area contributed by atoms with E-state index in [1.165, 1.54) is 11.1 Å². The molecule has 2 aliphatic rings. The summed E-state index contributed by atoms with van der Waals surface area (Å²) in [6, 6.07) is 18.1. The minimum atomic E-state index is 0.0520. The Morgan fingerprint density at radius 1 is 1.19 bits per heavy atom. The van der Waals surface area contributed by atoms with Crippen molar-refractivity contribution < 1.29 is 4.42 Å². The van der Waals surface area contributed by atoms with Gasteiger partial charge in [0.15, 0.2) is 0 Å². The zero-order chi connectivity index (χ0) is 18.4. The van der Waals surface area contributed by atoms with Crippen LogP contribution in [0.2, 0.25) is 5.02 Å². The van der Waals surface area contributed by atoms with E-state index in [0.29, 0.717) is 10.6 Å². The normalized spacial score (nSPS) is 20.6. The second kappa shape index (κ2) is 6.29. The molecule has 132 valence electrons. The number of anilines is 1. The van der Waals surface area contributed by atoms with Crippen molar-refractivity contribution in [1.82, 2.24) is 0 Å². The molecule has 27 heavy (non-hydrogen) atoms. The van der Waals surface area contributed by atoms with Crippen molar-refractivity contribution in [2.75, 3.05) is 5.01 Å². The van der Waals surface area contributed by atoms with Crippen molar-refractivity contribution in [3.63, 3.8) is 0 Å². The standard InChI is InChI=1S/C22H16ClN3O/c23-20-11-17(7-5-15(20)12-24)26-22(16-9-10-27-13-16)19-8-6-14-3-1-2-4-18(14)21(19)25-26/h1-5,7,9-11,13,19,22H,6,8H2. The SMILES string of the molecule is N#Cc1ccc(N2N=C3c4ccccc4CCC3C2c2ccoc2)cc1Cl. The number of nitrogens with zero attached hydrogens (tertiary/aromatic N) is 3. The molecule has 0 spiro atoms. The van der Waals surface area contributed by atoms with Gasteiger partial charge in [-0.1, -0.05) is 35.9 Å². The van der Waals surface area contributed by atoms with E-state index in [4.69, 9.17) is 26.4 Å². The van der Waals surface area contributed by atoms with Gasteiger partial charge in [-0.05, 0) is 42.7 Å². The van der Waals surface area contributed by atoms with Gasteiger partial charge in [0.25, 0.3) is 0 Å². The summed E-state index contributed by atoms with van der Waals surface area (Å²) in [5.74, 6) is 0.284. The first-order valence-electron chi connectivity index (χ1n) is 8.94. The molecule has 1 aliphatic carbocycles. The van der Waals surface area contributed by atoms with Crippen molar-refractivity contribution in [2.45, 2.75) is 18.9 Å². The minimum Gasteiger partial charge on any atom is -0.472 e. The van der Waals surface area contributed by atoms with Crippen molar-refractivity contribution in [3.8, 4) is 6.07 Å². The van der Waals surface area contributed by atoms with Gasteiger partial charge in [0.2, 0.25) is 0 Å². The van der Waals surface area contributed by atoms with Crippen LogP contribution in [-0.2, 0) is 6.42 Å². The van der Waals surface area contributed by atoms with Crippen LogP contribution < -0.4 is 5.01 Å². The molecule has 0 N–H and O–H groups in total. The number of rotatable bonds is 2. The fourth-order valence-electron chi connectivity index (χ4n) is 4.19. The highest BCUT2D eigenvalue weighted by Crippen LogP contribution is 2.45. The maximum Gasteiger partial charge on any atom is 0.101 e. The molecule has 0 bridgehead atoms. The molecule has 2 aromatic carbocycles. The summed E-state index contributed by atoms with van der Waals surface area (Å²) < 4.78 is 5.37. The quantitative estimate of drug-likeness (QED) is 0.609. The number of fused-ring (bicyclic) bond motifs is 3. The summed E-state index contributed by atoms with van der Waals surface area (Å²) in [5.41, 5.74) is 6.13. The smallest absolute Gasteiger partial charge is 0.101 e. The molecule has 4 nitrogen and oxygen atoms in total. The predicted molar refractivity (Wildman–Crippen MR) is 105 cm³/mol. The van der Waals surface area contributed by atoms with Gasteiger partial charge in [-0.15, -0.1) is 0 Å². The van der Waals surface area contributed by atoms with E-state index in [0.717, 1.165) is 29.8 Å². The largest absolute Gasteiger partial charge is 0.472 e. The van der Waals surface area contributed by atoms with E-state index < -0.39 is 0 Å². The molecule has 5 rings (SSSR count). The average Bonchev–Trinajstić information content (AvgIpc) is 3.35. The van der Waals surface area contributed by atoms with Crippen LogP contribution >= 0.6 is 11.6 Å². The van der Waals surface area contributed by atoms with Crippen molar-refractivity contribution in [2.24, 2.45) is 11.0 Å². The molecule has 2 heterocycles. The third kappa shape index (κ3) is 2.55. The lowest BCUT2D eigenvalue weighted by atomic mass is 9.77. The van der Waals surface area contributed by atoms with Crippen LogP contribution in [0.5, 0.6) is 0 Å². The highest BCUT2D eigenvalue weighted by Gasteiger charge is 2.42. The molecule has 2 atom stereocenters. The van der Waals surface area contributed by atoms with Gasteiger partial charge < -0.3 is 4.42 Å². The summed E-state index contributed by atoms with van der Waals surface area (Å²) in [4.78, 5) is 0. The van der Waals surface area contributed by atoms with E-state index in [2.05, 4.69) is 30.3 Å². The number of benzene rings is 2. The van der Waals surface area contributed by atoms with Crippen molar-refractivity contribution >= 4 is 23.0 Å². The molecule has 0 fully saturated rings. The monoisotopic (exact) mass is 373 g/mol. The van der Waals surface area contributed by atoms with E-state index in [1.807, 2.05) is 23.2 Å². The lowest BCUT2D eigenvalue weighted by Gasteiger charge is -2.29. The van der Waals surface area contributed by atoms with Gasteiger partial charge in [-0.2, -0.15) is 10.4 Å². The Kier molecular flexibility index (Phi) is 3.77. The second-order valence-electron chi connectivity index (χ2n) is 6.91. The van der Waals surface area contributed by atoms with Crippen LogP contribution in [0.25, 0.3) is 0 Å². The summed E-state index contributed by atoms with van der Waals surface area (Å²) in [6.45, 7) is 0. The Labute approximate surface area is 162 Å². The average molecular weight is 374 g/mol. The first-order valence-corrected chi connectivity index (χ1v) is 9.32. The number of nitriles is 1. The number of hydrogen-bond donors (Lipinski definition) is 0. The molecule has 5 heteroatoms. The number of halogens is 1. The molecule has 0 radical (unpaired) electrons. The van der Waals surface area contributed by atoms with Gasteiger partial charge in [0, 0.05) is 17.0 Å². The lowest BCUT2D eigenvalue weighted by molar-refractivity contribution is 0.498. The molecule has 1 aliphatic heterocycles. The van der Waals surface area contributed by atoms with Crippen molar-refractivity contribution in [3.05, 3.63) is 88.3 Å². The molecule has 2 unspecified atom stereocenters. The molecule has 0 saturated heterocycles. The van der Waals surface area contributed by atoms with Crippen LogP contribution in [-0.4, -0.2) is 5.71 Å². The first kappa shape index (κ1) is 16.2. The van der Waals surface area contributed by atoms with Gasteiger partial charge in [-0.3, -0.25) is 5.01 Å². The Bertz CT molecular complexity index is 1080. The molecule has 3 aromatic rings. The lowest BCUT2D eigenvalue weighted by Crippen LogP contribution is -2.28. The molecule has 0 amide bonds. The predicted octanol–water partition coefficient (Wildman–Crippen LogP) is 5.33. The van der Waals surface area contributed by atoms with E-state index >= 15 is 0 Å². The summed E-state index contributed by atoms with van der Waals surface area (Å²) in [6.07, 6.45) is 5.57. The zero-order valence-electron chi connectivity index (χ0n) is 14.5. The summed E-state index contributed by atoms with van der Waals surface area (Å²) in [7, 11) is 0.